The quantitative estimate of drug-likeness (QED) is 0.840. The highest BCUT2D eigenvalue weighted by Crippen LogP contribution is 2.28. The number of aromatic amines is 1. The predicted octanol–water partition coefficient (Wildman–Crippen LogP) is 1.41. The number of benzene rings is 1. The summed E-state index contributed by atoms with van der Waals surface area (Å²) in [5.74, 6) is -0.263. The molecule has 0 spiro atoms. The molecule has 0 aliphatic heterocycles. The van der Waals surface area contributed by atoms with Crippen LogP contribution in [0.5, 0.6) is 0 Å². The Morgan fingerprint density at radius 1 is 1.21 bits per heavy atom. The molecule has 2 N–H and O–H groups in total. The van der Waals surface area contributed by atoms with Crippen molar-refractivity contribution in [2.75, 3.05) is 0 Å². The van der Waals surface area contributed by atoms with E-state index in [-0.39, 0.29) is 23.9 Å². The van der Waals surface area contributed by atoms with Gasteiger partial charge in [0, 0.05) is 18.3 Å². The van der Waals surface area contributed by atoms with Crippen LogP contribution >= 0.6 is 0 Å². The van der Waals surface area contributed by atoms with Crippen molar-refractivity contribution in [3.63, 3.8) is 0 Å². The van der Waals surface area contributed by atoms with Crippen LogP contribution in [0.25, 0.3) is 0 Å². The highest BCUT2D eigenvalue weighted by molar-refractivity contribution is 5.76. The van der Waals surface area contributed by atoms with Gasteiger partial charge in [0.25, 0.3) is 5.56 Å². The molecule has 1 aromatic heterocycles. The summed E-state index contributed by atoms with van der Waals surface area (Å²) >= 11 is 0. The Labute approximate surface area is 140 Å². The van der Waals surface area contributed by atoms with Crippen LogP contribution in [0.4, 0.5) is 0 Å². The standard InChI is InChI=1S/C18H23N3O3/c1-13(11-18(2,3)14-7-5-4-6-8-14)19-16(23)12-21-10-9-15(22)20-17(21)24/h4-10,13H,11-12H2,1-3H3,(H,19,23)(H,20,22,24). The van der Waals surface area contributed by atoms with Crippen LogP contribution in [0.15, 0.2) is 52.2 Å². The summed E-state index contributed by atoms with van der Waals surface area (Å²) in [4.78, 5) is 36.9. The fourth-order valence-corrected chi connectivity index (χ4v) is 2.87. The van der Waals surface area contributed by atoms with E-state index in [0.717, 1.165) is 6.42 Å². The van der Waals surface area contributed by atoms with E-state index in [0.29, 0.717) is 0 Å². The molecule has 2 aromatic rings. The smallest absolute Gasteiger partial charge is 0.328 e. The van der Waals surface area contributed by atoms with Crippen LogP contribution < -0.4 is 16.6 Å². The lowest BCUT2D eigenvalue weighted by atomic mass is 9.79. The average Bonchev–Trinajstić information content (AvgIpc) is 2.50. The molecular formula is C18H23N3O3. The maximum Gasteiger partial charge on any atom is 0.328 e. The van der Waals surface area contributed by atoms with Crippen LogP contribution in [0.1, 0.15) is 32.8 Å². The number of aromatic nitrogens is 2. The number of carbonyl (C=O) groups excluding carboxylic acids is 1. The van der Waals surface area contributed by atoms with Gasteiger partial charge in [0.15, 0.2) is 0 Å². The van der Waals surface area contributed by atoms with Gasteiger partial charge in [-0.15, -0.1) is 0 Å². The normalized spacial score (nSPS) is 12.6. The van der Waals surface area contributed by atoms with Gasteiger partial charge in [-0.1, -0.05) is 44.2 Å². The van der Waals surface area contributed by atoms with E-state index < -0.39 is 11.2 Å². The lowest BCUT2D eigenvalue weighted by Gasteiger charge is -2.29. The average molecular weight is 329 g/mol. The van der Waals surface area contributed by atoms with Gasteiger partial charge >= 0.3 is 5.69 Å². The topological polar surface area (TPSA) is 84.0 Å². The molecule has 1 unspecified atom stereocenters. The van der Waals surface area contributed by atoms with Gasteiger partial charge in [0.1, 0.15) is 6.54 Å². The zero-order valence-corrected chi connectivity index (χ0v) is 14.2. The van der Waals surface area contributed by atoms with Gasteiger partial charge in [0.05, 0.1) is 0 Å². The molecule has 2 rings (SSSR count). The highest BCUT2D eigenvalue weighted by atomic mass is 16.2. The molecule has 6 nitrogen and oxygen atoms in total. The number of H-pyrrole nitrogens is 1. The Morgan fingerprint density at radius 3 is 2.50 bits per heavy atom. The Bertz CT molecular complexity index is 806. The van der Waals surface area contributed by atoms with E-state index in [4.69, 9.17) is 0 Å². The van der Waals surface area contributed by atoms with Crippen molar-refractivity contribution >= 4 is 5.91 Å². The van der Waals surface area contributed by atoms with Crippen LogP contribution in [0.2, 0.25) is 0 Å². The first kappa shape index (κ1) is 17.7. The molecule has 1 atom stereocenters. The SMILES string of the molecule is CC(CC(C)(C)c1ccccc1)NC(=O)Cn1ccc(=O)[nH]c1=O. The van der Waals surface area contributed by atoms with Crippen molar-refractivity contribution in [2.24, 2.45) is 0 Å². The Hall–Kier alpha value is -2.63. The second-order valence-corrected chi connectivity index (χ2v) is 6.66. The molecule has 6 heteroatoms. The lowest BCUT2D eigenvalue weighted by molar-refractivity contribution is -0.122. The molecule has 0 bridgehead atoms. The third kappa shape index (κ3) is 4.68. The van der Waals surface area contributed by atoms with Crippen molar-refractivity contribution in [1.82, 2.24) is 14.9 Å². The van der Waals surface area contributed by atoms with Gasteiger partial charge in [-0.3, -0.25) is 19.1 Å². The molecular weight excluding hydrogens is 306 g/mol. The van der Waals surface area contributed by atoms with Gasteiger partial charge < -0.3 is 5.32 Å². The van der Waals surface area contributed by atoms with Gasteiger partial charge in [-0.2, -0.15) is 0 Å². The number of rotatable bonds is 6. The molecule has 0 saturated carbocycles. The van der Waals surface area contributed by atoms with Gasteiger partial charge in [-0.05, 0) is 24.3 Å². The molecule has 128 valence electrons. The summed E-state index contributed by atoms with van der Waals surface area (Å²) in [6, 6.07) is 11.3. The number of hydrogen-bond acceptors (Lipinski definition) is 3. The van der Waals surface area contributed by atoms with Crippen molar-refractivity contribution in [2.45, 2.75) is 45.2 Å². The Morgan fingerprint density at radius 2 is 1.88 bits per heavy atom. The van der Waals surface area contributed by atoms with Crippen LogP contribution in [0, 0.1) is 0 Å². The minimum Gasteiger partial charge on any atom is -0.352 e. The number of nitrogens with one attached hydrogen (secondary N) is 2. The van der Waals surface area contributed by atoms with Crippen molar-refractivity contribution in [3.8, 4) is 0 Å². The summed E-state index contributed by atoms with van der Waals surface area (Å²) in [5, 5.41) is 2.91. The Kier molecular flexibility index (Phi) is 5.39. The van der Waals surface area contributed by atoms with E-state index >= 15 is 0 Å². The molecule has 1 amide bonds. The zero-order chi connectivity index (χ0) is 17.7. The first-order valence-electron chi connectivity index (χ1n) is 7.92. The van der Waals surface area contributed by atoms with E-state index in [2.05, 4.69) is 36.3 Å². The lowest BCUT2D eigenvalue weighted by Crippen LogP contribution is -2.41. The maximum absolute atomic E-state index is 12.1. The van der Waals surface area contributed by atoms with Crippen molar-refractivity contribution in [3.05, 3.63) is 69.0 Å². The summed E-state index contributed by atoms with van der Waals surface area (Å²) in [7, 11) is 0. The van der Waals surface area contributed by atoms with Crippen molar-refractivity contribution in [1.29, 1.82) is 0 Å². The third-order valence-electron chi connectivity index (χ3n) is 3.99. The van der Waals surface area contributed by atoms with E-state index in [9.17, 15) is 14.4 Å². The second kappa shape index (κ2) is 7.29. The molecule has 0 saturated heterocycles. The van der Waals surface area contributed by atoms with Gasteiger partial charge in [-0.25, -0.2) is 4.79 Å². The summed E-state index contributed by atoms with van der Waals surface area (Å²) < 4.78 is 1.17. The largest absolute Gasteiger partial charge is 0.352 e. The highest BCUT2D eigenvalue weighted by Gasteiger charge is 2.24. The summed E-state index contributed by atoms with van der Waals surface area (Å²) in [5.41, 5.74) is 0.0653. The molecule has 0 aliphatic carbocycles. The van der Waals surface area contributed by atoms with E-state index in [1.54, 1.807) is 0 Å². The number of amides is 1. The van der Waals surface area contributed by atoms with Crippen LogP contribution in [-0.2, 0) is 16.8 Å². The minimum absolute atomic E-state index is 0.0498. The summed E-state index contributed by atoms with van der Waals surface area (Å²) in [6.07, 6.45) is 2.09. The molecule has 0 fully saturated rings. The zero-order valence-electron chi connectivity index (χ0n) is 14.2. The number of hydrogen-bond donors (Lipinski definition) is 2. The summed E-state index contributed by atoms with van der Waals surface area (Å²) in [6.45, 7) is 6.10. The molecule has 24 heavy (non-hydrogen) atoms. The second-order valence-electron chi connectivity index (χ2n) is 6.66. The third-order valence-corrected chi connectivity index (χ3v) is 3.99. The van der Waals surface area contributed by atoms with E-state index in [1.807, 2.05) is 25.1 Å². The molecule has 1 heterocycles. The Balaban J connectivity index is 1.96. The molecule has 0 aliphatic rings. The number of nitrogens with zero attached hydrogens (tertiary/aromatic N) is 1. The van der Waals surface area contributed by atoms with Crippen LogP contribution in [-0.4, -0.2) is 21.5 Å². The van der Waals surface area contributed by atoms with E-state index in [1.165, 1.54) is 22.4 Å². The minimum atomic E-state index is -0.588. The predicted molar refractivity (Wildman–Crippen MR) is 93.0 cm³/mol. The van der Waals surface area contributed by atoms with Gasteiger partial charge in [0.2, 0.25) is 5.91 Å². The van der Waals surface area contributed by atoms with Crippen molar-refractivity contribution < 1.29 is 4.79 Å². The first-order valence-corrected chi connectivity index (χ1v) is 7.92. The maximum atomic E-state index is 12.1. The first-order chi connectivity index (χ1) is 11.3. The number of carbonyl (C=O) groups is 1. The molecule has 1 aromatic carbocycles. The van der Waals surface area contributed by atoms with Crippen LogP contribution in [0.3, 0.4) is 0 Å². The monoisotopic (exact) mass is 329 g/mol. The fourth-order valence-electron chi connectivity index (χ4n) is 2.87. The molecule has 0 radical (unpaired) electrons. The fraction of sp³-hybridized carbons (Fsp3) is 0.389.